The number of ether oxygens (including phenoxy) is 1. The van der Waals surface area contributed by atoms with Crippen molar-refractivity contribution in [2.45, 2.75) is 18.8 Å². The highest BCUT2D eigenvalue weighted by molar-refractivity contribution is 6.02. The summed E-state index contributed by atoms with van der Waals surface area (Å²) in [4.78, 5) is 27.7. The van der Waals surface area contributed by atoms with Gasteiger partial charge in [-0.1, -0.05) is 6.07 Å². The van der Waals surface area contributed by atoms with Crippen LogP contribution in [0.2, 0.25) is 0 Å². The average Bonchev–Trinajstić information content (AvgIpc) is 3.23. The molecule has 1 aliphatic rings. The molecule has 1 saturated carbocycles. The van der Waals surface area contributed by atoms with Crippen molar-refractivity contribution < 1.29 is 14.3 Å². The first-order valence-electron chi connectivity index (χ1n) is 6.59. The van der Waals surface area contributed by atoms with E-state index in [0.29, 0.717) is 17.2 Å². The van der Waals surface area contributed by atoms with Crippen LogP contribution in [0.1, 0.15) is 45.6 Å². The van der Waals surface area contributed by atoms with Gasteiger partial charge in [-0.2, -0.15) is 0 Å². The molecule has 3 rings (SSSR count). The van der Waals surface area contributed by atoms with Crippen molar-refractivity contribution in [2.24, 2.45) is 0 Å². The zero-order valence-corrected chi connectivity index (χ0v) is 11.4. The lowest BCUT2D eigenvalue weighted by Gasteiger charge is -2.04. The van der Waals surface area contributed by atoms with Crippen LogP contribution in [0.5, 0.6) is 0 Å². The van der Waals surface area contributed by atoms with E-state index in [1.807, 2.05) is 0 Å². The SMILES string of the molecule is COC(=O)c1cccc(NC(=O)c2n[nH]c(C3CC3)n2)c1. The third-order valence-electron chi connectivity index (χ3n) is 3.21. The number of H-pyrrole nitrogens is 1. The number of amides is 1. The lowest BCUT2D eigenvalue weighted by Crippen LogP contribution is -2.14. The van der Waals surface area contributed by atoms with E-state index in [2.05, 4.69) is 25.2 Å². The van der Waals surface area contributed by atoms with Gasteiger partial charge in [-0.3, -0.25) is 9.89 Å². The highest BCUT2D eigenvalue weighted by atomic mass is 16.5. The summed E-state index contributed by atoms with van der Waals surface area (Å²) in [5.74, 6) is 0.380. The van der Waals surface area contributed by atoms with Crippen molar-refractivity contribution in [1.82, 2.24) is 15.2 Å². The molecule has 1 fully saturated rings. The maximum atomic E-state index is 12.0. The van der Waals surface area contributed by atoms with Gasteiger partial charge in [0.25, 0.3) is 5.91 Å². The lowest BCUT2D eigenvalue weighted by atomic mass is 10.2. The smallest absolute Gasteiger partial charge is 0.337 e. The number of carbonyl (C=O) groups excluding carboxylic acids is 2. The normalized spacial score (nSPS) is 13.8. The number of hydrogen-bond acceptors (Lipinski definition) is 5. The molecule has 1 aliphatic carbocycles. The Morgan fingerprint density at radius 3 is 2.90 bits per heavy atom. The topological polar surface area (TPSA) is 97.0 Å². The van der Waals surface area contributed by atoms with Crippen molar-refractivity contribution in [2.75, 3.05) is 12.4 Å². The van der Waals surface area contributed by atoms with Crippen LogP contribution in [-0.4, -0.2) is 34.2 Å². The summed E-state index contributed by atoms with van der Waals surface area (Å²) in [5.41, 5.74) is 0.852. The molecule has 21 heavy (non-hydrogen) atoms. The zero-order chi connectivity index (χ0) is 14.8. The molecule has 2 aromatic rings. The first-order valence-corrected chi connectivity index (χ1v) is 6.59. The van der Waals surface area contributed by atoms with Crippen molar-refractivity contribution >= 4 is 17.6 Å². The summed E-state index contributed by atoms with van der Waals surface area (Å²) in [6.07, 6.45) is 2.16. The van der Waals surface area contributed by atoms with E-state index in [9.17, 15) is 9.59 Å². The van der Waals surface area contributed by atoms with Gasteiger partial charge < -0.3 is 10.1 Å². The van der Waals surface area contributed by atoms with Crippen LogP contribution in [0.25, 0.3) is 0 Å². The molecule has 0 bridgehead atoms. The summed E-state index contributed by atoms with van der Waals surface area (Å²) in [6, 6.07) is 6.49. The van der Waals surface area contributed by atoms with E-state index in [0.717, 1.165) is 18.7 Å². The highest BCUT2D eigenvalue weighted by Crippen LogP contribution is 2.37. The van der Waals surface area contributed by atoms with E-state index in [1.54, 1.807) is 18.2 Å². The molecule has 1 aromatic carbocycles. The summed E-state index contributed by atoms with van der Waals surface area (Å²) in [6.45, 7) is 0. The minimum absolute atomic E-state index is 0.0976. The van der Waals surface area contributed by atoms with Crippen LogP contribution >= 0.6 is 0 Å². The molecule has 0 saturated heterocycles. The summed E-state index contributed by atoms with van der Waals surface area (Å²) in [5, 5.41) is 9.34. The number of aromatic amines is 1. The number of anilines is 1. The van der Waals surface area contributed by atoms with Crippen molar-refractivity contribution in [3.05, 3.63) is 41.5 Å². The van der Waals surface area contributed by atoms with E-state index < -0.39 is 11.9 Å². The second-order valence-corrected chi connectivity index (χ2v) is 4.85. The number of rotatable bonds is 4. The van der Waals surface area contributed by atoms with Gasteiger partial charge >= 0.3 is 5.97 Å². The predicted octanol–water partition coefficient (Wildman–Crippen LogP) is 1.72. The molecule has 0 radical (unpaired) electrons. The van der Waals surface area contributed by atoms with Crippen LogP contribution in [0.3, 0.4) is 0 Å². The molecule has 108 valence electrons. The Morgan fingerprint density at radius 2 is 2.19 bits per heavy atom. The third kappa shape index (κ3) is 2.91. The first kappa shape index (κ1) is 13.3. The Hall–Kier alpha value is -2.70. The van der Waals surface area contributed by atoms with Gasteiger partial charge in [-0.05, 0) is 31.0 Å². The van der Waals surface area contributed by atoms with Gasteiger partial charge in [0.1, 0.15) is 5.82 Å². The summed E-state index contributed by atoms with van der Waals surface area (Å²) < 4.78 is 4.64. The molecule has 7 nitrogen and oxygen atoms in total. The number of benzene rings is 1. The van der Waals surface area contributed by atoms with Gasteiger partial charge in [0.2, 0.25) is 5.82 Å². The van der Waals surface area contributed by atoms with Crippen molar-refractivity contribution in [3.63, 3.8) is 0 Å². The molecule has 7 heteroatoms. The van der Waals surface area contributed by atoms with Gasteiger partial charge in [-0.15, -0.1) is 5.10 Å². The first-order chi connectivity index (χ1) is 10.2. The fourth-order valence-electron chi connectivity index (χ4n) is 1.94. The molecule has 1 amide bonds. The largest absolute Gasteiger partial charge is 0.465 e. The number of methoxy groups -OCH3 is 1. The quantitative estimate of drug-likeness (QED) is 0.834. The van der Waals surface area contributed by atoms with Crippen LogP contribution in [0, 0.1) is 0 Å². The maximum Gasteiger partial charge on any atom is 0.337 e. The number of hydrogen-bond donors (Lipinski definition) is 2. The monoisotopic (exact) mass is 286 g/mol. The predicted molar refractivity (Wildman–Crippen MR) is 74.1 cm³/mol. The van der Waals surface area contributed by atoms with Gasteiger partial charge in [0.15, 0.2) is 0 Å². The van der Waals surface area contributed by atoms with Crippen molar-refractivity contribution in [1.29, 1.82) is 0 Å². The van der Waals surface area contributed by atoms with E-state index in [-0.39, 0.29) is 5.82 Å². The molecule has 1 aromatic heterocycles. The highest BCUT2D eigenvalue weighted by Gasteiger charge is 2.28. The van der Waals surface area contributed by atoms with Crippen LogP contribution in [0.15, 0.2) is 24.3 Å². The average molecular weight is 286 g/mol. The Balaban J connectivity index is 1.72. The number of nitrogens with zero attached hydrogens (tertiary/aromatic N) is 2. The summed E-state index contributed by atoms with van der Waals surface area (Å²) in [7, 11) is 1.31. The molecule has 0 spiro atoms. The van der Waals surface area contributed by atoms with Crippen LogP contribution in [0.4, 0.5) is 5.69 Å². The Kier molecular flexibility index (Phi) is 3.39. The lowest BCUT2D eigenvalue weighted by molar-refractivity contribution is 0.0600. The Bertz CT molecular complexity index is 691. The number of aromatic nitrogens is 3. The second kappa shape index (κ2) is 5.35. The molecule has 0 unspecified atom stereocenters. The van der Waals surface area contributed by atoms with E-state index >= 15 is 0 Å². The fourth-order valence-corrected chi connectivity index (χ4v) is 1.94. The number of nitrogens with one attached hydrogen (secondary N) is 2. The molecule has 1 heterocycles. The van der Waals surface area contributed by atoms with Crippen LogP contribution in [-0.2, 0) is 4.74 Å². The molecule has 0 aliphatic heterocycles. The van der Waals surface area contributed by atoms with E-state index in [1.165, 1.54) is 13.2 Å². The summed E-state index contributed by atoms with van der Waals surface area (Å²) >= 11 is 0. The van der Waals surface area contributed by atoms with Gasteiger partial charge in [0.05, 0.1) is 12.7 Å². The van der Waals surface area contributed by atoms with Crippen molar-refractivity contribution in [3.8, 4) is 0 Å². The number of carbonyl (C=O) groups is 2. The van der Waals surface area contributed by atoms with E-state index in [4.69, 9.17) is 0 Å². The minimum atomic E-state index is -0.458. The molecule has 0 atom stereocenters. The van der Waals surface area contributed by atoms with Gasteiger partial charge in [0, 0.05) is 11.6 Å². The Morgan fingerprint density at radius 1 is 1.38 bits per heavy atom. The Labute approximate surface area is 120 Å². The maximum absolute atomic E-state index is 12.0. The van der Waals surface area contributed by atoms with Crippen LogP contribution < -0.4 is 5.32 Å². The molecular weight excluding hydrogens is 272 g/mol. The third-order valence-corrected chi connectivity index (χ3v) is 3.21. The minimum Gasteiger partial charge on any atom is -0.465 e. The fraction of sp³-hybridized carbons (Fsp3) is 0.286. The van der Waals surface area contributed by atoms with Gasteiger partial charge in [-0.25, -0.2) is 9.78 Å². The standard InChI is InChI=1S/C14H14N4O3/c1-21-14(20)9-3-2-4-10(7-9)15-13(19)12-16-11(17-18-12)8-5-6-8/h2-4,7-8H,5-6H2,1H3,(H,15,19)(H,16,17,18). The molecular formula is C14H14N4O3. The second-order valence-electron chi connectivity index (χ2n) is 4.85. The zero-order valence-electron chi connectivity index (χ0n) is 11.4. The number of esters is 1. The molecule has 2 N–H and O–H groups in total.